The summed E-state index contributed by atoms with van der Waals surface area (Å²) in [6, 6.07) is 10.3. The van der Waals surface area contributed by atoms with Crippen LogP contribution in [0.15, 0.2) is 30.3 Å². The van der Waals surface area contributed by atoms with E-state index in [0.717, 1.165) is 41.3 Å². The maximum atomic E-state index is 13.2. The Balaban J connectivity index is 1.69. The third-order valence-electron chi connectivity index (χ3n) is 5.23. The molecule has 0 saturated carbocycles. The van der Waals surface area contributed by atoms with Crippen LogP contribution in [0.2, 0.25) is 0 Å². The summed E-state index contributed by atoms with van der Waals surface area (Å²) in [7, 11) is 0. The molecule has 25 heavy (non-hydrogen) atoms. The van der Waals surface area contributed by atoms with Crippen LogP contribution >= 0.6 is 0 Å². The first-order valence-corrected chi connectivity index (χ1v) is 9.15. The number of carbonyl (C=O) groups is 1. The Bertz CT molecular complexity index is 827. The highest BCUT2D eigenvalue weighted by molar-refractivity contribution is 6.35. The van der Waals surface area contributed by atoms with Crippen LogP contribution in [0.4, 0.5) is 5.69 Å². The number of aromatic nitrogens is 1. The topological polar surface area (TPSA) is 39.3 Å². The standard InChI is InChI=1S/C21H25N3O/c1-15-12-16(2)22-19(15)13-18-17-8-4-5-9-20(17)24(21(18)25)14-23-10-6-3-7-11-23/h4-5,8-9,12-13,22H,3,6-7,10-11,14H2,1-2H3/b18-13+. The molecule has 0 bridgehead atoms. The molecule has 1 amide bonds. The van der Waals surface area contributed by atoms with Crippen LogP contribution < -0.4 is 4.90 Å². The summed E-state index contributed by atoms with van der Waals surface area (Å²) in [5, 5.41) is 0. The van der Waals surface area contributed by atoms with Gasteiger partial charge in [0.05, 0.1) is 17.9 Å². The Kier molecular flexibility index (Phi) is 4.22. The Morgan fingerprint density at radius 1 is 1.12 bits per heavy atom. The smallest absolute Gasteiger partial charge is 0.260 e. The van der Waals surface area contributed by atoms with Gasteiger partial charge in [0.25, 0.3) is 5.91 Å². The number of rotatable bonds is 3. The average molecular weight is 335 g/mol. The normalized spacial score (nSPS) is 19.7. The molecule has 0 aliphatic carbocycles. The molecule has 1 fully saturated rings. The van der Waals surface area contributed by atoms with Crippen LogP contribution in [-0.2, 0) is 4.79 Å². The first-order valence-electron chi connectivity index (χ1n) is 9.15. The predicted octanol–water partition coefficient (Wildman–Crippen LogP) is 3.96. The van der Waals surface area contributed by atoms with Gasteiger partial charge in [-0.3, -0.25) is 14.6 Å². The molecule has 130 valence electrons. The van der Waals surface area contributed by atoms with Gasteiger partial charge in [0.2, 0.25) is 0 Å². The number of anilines is 1. The molecule has 1 N–H and O–H groups in total. The van der Waals surface area contributed by atoms with Gasteiger partial charge in [0, 0.05) is 17.0 Å². The number of piperidine rings is 1. The van der Waals surface area contributed by atoms with Crippen molar-refractivity contribution in [2.24, 2.45) is 0 Å². The van der Waals surface area contributed by atoms with E-state index >= 15 is 0 Å². The van der Waals surface area contributed by atoms with Crippen molar-refractivity contribution in [1.29, 1.82) is 0 Å². The van der Waals surface area contributed by atoms with E-state index in [9.17, 15) is 4.79 Å². The number of hydrogen-bond donors (Lipinski definition) is 1. The highest BCUT2D eigenvalue weighted by atomic mass is 16.2. The van der Waals surface area contributed by atoms with Crippen molar-refractivity contribution in [3.8, 4) is 0 Å². The molecule has 2 aromatic rings. The molecular formula is C21H25N3O. The molecule has 0 radical (unpaired) electrons. The minimum Gasteiger partial charge on any atom is -0.359 e. The Hall–Kier alpha value is -2.33. The third kappa shape index (κ3) is 3.02. The first-order chi connectivity index (χ1) is 12.1. The number of aromatic amines is 1. The van der Waals surface area contributed by atoms with Gasteiger partial charge in [-0.15, -0.1) is 0 Å². The van der Waals surface area contributed by atoms with Crippen LogP contribution in [0.25, 0.3) is 11.6 Å². The molecular weight excluding hydrogens is 310 g/mol. The van der Waals surface area contributed by atoms with E-state index in [4.69, 9.17) is 0 Å². The second-order valence-electron chi connectivity index (χ2n) is 7.18. The highest BCUT2D eigenvalue weighted by Gasteiger charge is 2.33. The molecule has 0 unspecified atom stereocenters. The number of H-pyrrole nitrogens is 1. The number of nitrogens with one attached hydrogen (secondary N) is 1. The zero-order chi connectivity index (χ0) is 17.4. The van der Waals surface area contributed by atoms with Gasteiger partial charge in [-0.2, -0.15) is 0 Å². The number of likely N-dealkylation sites (tertiary alicyclic amines) is 1. The van der Waals surface area contributed by atoms with Gasteiger partial charge in [-0.25, -0.2) is 0 Å². The molecule has 1 saturated heterocycles. The van der Waals surface area contributed by atoms with Crippen LogP contribution in [-0.4, -0.2) is 35.5 Å². The summed E-state index contributed by atoms with van der Waals surface area (Å²) in [4.78, 5) is 20.9. The third-order valence-corrected chi connectivity index (χ3v) is 5.23. The summed E-state index contributed by atoms with van der Waals surface area (Å²) in [6.07, 6.45) is 5.78. The van der Waals surface area contributed by atoms with Crippen LogP contribution in [0, 0.1) is 13.8 Å². The summed E-state index contributed by atoms with van der Waals surface area (Å²) in [5.74, 6) is 0.110. The SMILES string of the molecule is Cc1cc(C)c(/C=C2/C(=O)N(CN3CCCCC3)c3ccccc32)[nH]1. The molecule has 3 heterocycles. The molecule has 0 atom stereocenters. The van der Waals surface area contributed by atoms with Crippen molar-refractivity contribution in [3.63, 3.8) is 0 Å². The molecule has 4 rings (SSSR count). The summed E-state index contributed by atoms with van der Waals surface area (Å²) < 4.78 is 0. The van der Waals surface area contributed by atoms with Crippen molar-refractivity contribution < 1.29 is 4.79 Å². The van der Waals surface area contributed by atoms with Crippen molar-refractivity contribution >= 4 is 23.2 Å². The Morgan fingerprint density at radius 2 is 1.88 bits per heavy atom. The number of fused-ring (bicyclic) bond motifs is 1. The second kappa shape index (κ2) is 6.52. The Morgan fingerprint density at radius 3 is 2.60 bits per heavy atom. The van der Waals surface area contributed by atoms with Crippen LogP contribution in [0.5, 0.6) is 0 Å². The molecule has 2 aliphatic heterocycles. The maximum absolute atomic E-state index is 13.2. The molecule has 1 aromatic carbocycles. The molecule has 4 nitrogen and oxygen atoms in total. The summed E-state index contributed by atoms with van der Waals surface area (Å²) in [5.41, 5.74) is 6.17. The fourth-order valence-corrected chi connectivity index (χ4v) is 3.93. The lowest BCUT2D eigenvalue weighted by Gasteiger charge is -2.30. The van der Waals surface area contributed by atoms with E-state index in [1.165, 1.54) is 24.8 Å². The van der Waals surface area contributed by atoms with E-state index < -0.39 is 0 Å². The first kappa shape index (κ1) is 16.2. The lowest BCUT2D eigenvalue weighted by Crippen LogP contribution is -2.42. The number of para-hydroxylation sites is 1. The largest absolute Gasteiger partial charge is 0.359 e. The van der Waals surface area contributed by atoms with E-state index in [1.807, 2.05) is 30.0 Å². The van der Waals surface area contributed by atoms with E-state index in [2.05, 4.69) is 35.0 Å². The van der Waals surface area contributed by atoms with Crippen molar-refractivity contribution in [3.05, 3.63) is 52.8 Å². The second-order valence-corrected chi connectivity index (χ2v) is 7.18. The van der Waals surface area contributed by atoms with Gasteiger partial charge < -0.3 is 4.98 Å². The van der Waals surface area contributed by atoms with Crippen molar-refractivity contribution in [2.75, 3.05) is 24.7 Å². The van der Waals surface area contributed by atoms with Gasteiger partial charge in [0.15, 0.2) is 0 Å². The number of aryl methyl sites for hydroxylation is 2. The summed E-state index contributed by atoms with van der Waals surface area (Å²) in [6.45, 7) is 6.98. The predicted molar refractivity (Wildman–Crippen MR) is 102 cm³/mol. The number of hydrogen-bond acceptors (Lipinski definition) is 2. The fraction of sp³-hybridized carbons (Fsp3) is 0.381. The Labute approximate surface area is 149 Å². The quantitative estimate of drug-likeness (QED) is 0.862. The molecule has 0 spiro atoms. The number of carbonyl (C=O) groups excluding carboxylic acids is 1. The van der Waals surface area contributed by atoms with Crippen molar-refractivity contribution in [1.82, 2.24) is 9.88 Å². The maximum Gasteiger partial charge on any atom is 0.260 e. The van der Waals surface area contributed by atoms with E-state index in [0.29, 0.717) is 6.67 Å². The average Bonchev–Trinajstić information content (AvgIpc) is 3.07. The minimum atomic E-state index is 0.110. The lowest BCUT2D eigenvalue weighted by molar-refractivity contribution is -0.113. The zero-order valence-electron chi connectivity index (χ0n) is 15.0. The minimum absolute atomic E-state index is 0.110. The van der Waals surface area contributed by atoms with E-state index in [-0.39, 0.29) is 5.91 Å². The molecule has 2 aliphatic rings. The van der Waals surface area contributed by atoms with Crippen LogP contribution in [0.3, 0.4) is 0 Å². The lowest BCUT2D eigenvalue weighted by atomic mass is 10.1. The van der Waals surface area contributed by atoms with E-state index in [1.54, 1.807) is 0 Å². The summed E-state index contributed by atoms with van der Waals surface area (Å²) >= 11 is 0. The fourth-order valence-electron chi connectivity index (χ4n) is 3.93. The zero-order valence-corrected chi connectivity index (χ0v) is 15.0. The number of benzene rings is 1. The number of amides is 1. The highest BCUT2D eigenvalue weighted by Crippen LogP contribution is 2.38. The van der Waals surface area contributed by atoms with Gasteiger partial charge in [-0.1, -0.05) is 24.6 Å². The van der Waals surface area contributed by atoms with Crippen molar-refractivity contribution in [2.45, 2.75) is 33.1 Å². The van der Waals surface area contributed by atoms with Gasteiger partial charge >= 0.3 is 0 Å². The monoisotopic (exact) mass is 335 g/mol. The number of nitrogens with zero attached hydrogens (tertiary/aromatic N) is 2. The van der Waals surface area contributed by atoms with Gasteiger partial charge in [0.1, 0.15) is 0 Å². The van der Waals surface area contributed by atoms with Gasteiger partial charge in [-0.05, 0) is 63.6 Å². The molecule has 1 aromatic heterocycles. The molecule has 4 heteroatoms. The van der Waals surface area contributed by atoms with Crippen LogP contribution in [0.1, 0.15) is 41.8 Å².